The zero-order valence-electron chi connectivity index (χ0n) is 14.9. The summed E-state index contributed by atoms with van der Waals surface area (Å²) in [7, 11) is 1.70. The van der Waals surface area contributed by atoms with Gasteiger partial charge in [0.15, 0.2) is 0 Å². The van der Waals surface area contributed by atoms with Crippen molar-refractivity contribution in [1.82, 2.24) is 0 Å². The second kappa shape index (κ2) is 8.47. The fraction of sp³-hybridized carbons (Fsp3) is 0.650. The Hall–Kier alpha value is -1.37. The van der Waals surface area contributed by atoms with Crippen LogP contribution in [0, 0.1) is 23.7 Å². The fourth-order valence-electron chi connectivity index (χ4n) is 3.84. The molecule has 0 aromatic rings. The van der Waals surface area contributed by atoms with Crippen LogP contribution in [0.1, 0.15) is 52.9 Å². The van der Waals surface area contributed by atoms with Gasteiger partial charge in [-0.15, -0.1) is 6.42 Å². The summed E-state index contributed by atoms with van der Waals surface area (Å²) in [6.07, 6.45) is 9.16. The number of methoxy groups -OCH3 is 1. The van der Waals surface area contributed by atoms with E-state index in [2.05, 4.69) is 33.3 Å². The van der Waals surface area contributed by atoms with Crippen molar-refractivity contribution in [1.29, 1.82) is 0 Å². The van der Waals surface area contributed by atoms with Crippen LogP contribution in [0.2, 0.25) is 0 Å². The van der Waals surface area contributed by atoms with Gasteiger partial charge in [0, 0.05) is 19.6 Å². The summed E-state index contributed by atoms with van der Waals surface area (Å²) in [5, 5.41) is 8.97. The SMILES string of the molecule is C#CC(=O)C1CCC(C)=C(C(CC(=C)CCCO)OC)C1(C)C. The Labute approximate surface area is 140 Å². The molecule has 2 unspecified atom stereocenters. The lowest BCUT2D eigenvalue weighted by Crippen LogP contribution is -2.40. The smallest absolute Gasteiger partial charge is 0.209 e. The van der Waals surface area contributed by atoms with E-state index in [0.29, 0.717) is 6.42 Å². The first-order valence-corrected chi connectivity index (χ1v) is 8.30. The molecule has 0 spiro atoms. The fourth-order valence-corrected chi connectivity index (χ4v) is 3.84. The molecule has 0 aromatic heterocycles. The van der Waals surface area contributed by atoms with E-state index in [1.54, 1.807) is 7.11 Å². The normalized spacial score (nSPS) is 21.7. The van der Waals surface area contributed by atoms with Crippen LogP contribution in [0.25, 0.3) is 0 Å². The van der Waals surface area contributed by atoms with E-state index in [1.807, 2.05) is 0 Å². The van der Waals surface area contributed by atoms with Gasteiger partial charge in [-0.3, -0.25) is 4.79 Å². The van der Waals surface area contributed by atoms with Crippen molar-refractivity contribution in [2.75, 3.05) is 13.7 Å². The Balaban J connectivity index is 3.06. The summed E-state index contributed by atoms with van der Waals surface area (Å²) in [5.41, 5.74) is 3.22. The predicted molar refractivity (Wildman–Crippen MR) is 93.9 cm³/mol. The molecule has 3 heteroatoms. The monoisotopic (exact) mass is 318 g/mol. The highest BCUT2D eigenvalue weighted by atomic mass is 16.5. The Morgan fingerprint density at radius 3 is 2.74 bits per heavy atom. The number of carbonyl (C=O) groups excluding carboxylic acids is 1. The van der Waals surface area contributed by atoms with Crippen molar-refractivity contribution < 1.29 is 14.6 Å². The molecule has 0 saturated carbocycles. The number of aliphatic hydroxyl groups excluding tert-OH is 1. The molecule has 0 aliphatic heterocycles. The van der Waals surface area contributed by atoms with E-state index in [9.17, 15) is 4.79 Å². The highest BCUT2D eigenvalue weighted by molar-refractivity contribution is 5.97. The van der Waals surface area contributed by atoms with Gasteiger partial charge in [0.2, 0.25) is 5.78 Å². The standard InChI is InChI=1S/C20H30O3/c1-7-17(22)16-11-10-15(3)19(20(16,4)5)18(23-6)13-14(2)9-8-12-21/h1,16,18,21H,2,8-13H2,3-6H3. The maximum Gasteiger partial charge on any atom is 0.209 e. The largest absolute Gasteiger partial charge is 0.396 e. The van der Waals surface area contributed by atoms with Gasteiger partial charge in [-0.25, -0.2) is 0 Å². The van der Waals surface area contributed by atoms with Gasteiger partial charge in [-0.1, -0.05) is 31.6 Å². The van der Waals surface area contributed by atoms with Gasteiger partial charge in [0.05, 0.1) is 6.10 Å². The number of ketones is 1. The minimum Gasteiger partial charge on any atom is -0.396 e. The predicted octanol–water partition coefficient (Wildman–Crippen LogP) is 3.68. The summed E-state index contributed by atoms with van der Waals surface area (Å²) in [6, 6.07) is 0. The van der Waals surface area contributed by atoms with Crippen LogP contribution in [0.3, 0.4) is 0 Å². The molecule has 23 heavy (non-hydrogen) atoms. The van der Waals surface area contributed by atoms with Gasteiger partial charge in [-0.2, -0.15) is 0 Å². The Bertz CT molecular complexity index is 519. The van der Waals surface area contributed by atoms with Gasteiger partial charge >= 0.3 is 0 Å². The van der Waals surface area contributed by atoms with Crippen LogP contribution in [0.4, 0.5) is 0 Å². The lowest BCUT2D eigenvalue weighted by molar-refractivity contribution is -0.120. The molecule has 3 nitrogen and oxygen atoms in total. The van der Waals surface area contributed by atoms with Crippen molar-refractivity contribution in [2.45, 2.75) is 59.0 Å². The number of hydrogen-bond donors (Lipinski definition) is 1. The van der Waals surface area contributed by atoms with Gasteiger partial charge in [0.25, 0.3) is 0 Å². The van der Waals surface area contributed by atoms with Gasteiger partial charge in [0.1, 0.15) is 0 Å². The second-order valence-corrected chi connectivity index (χ2v) is 7.02. The molecule has 1 N–H and O–H groups in total. The molecule has 0 amide bonds. The number of hydrogen-bond acceptors (Lipinski definition) is 3. The summed E-state index contributed by atoms with van der Waals surface area (Å²) in [4.78, 5) is 12.2. The quantitative estimate of drug-likeness (QED) is 0.422. The average Bonchev–Trinajstić information content (AvgIpc) is 2.50. The number of Topliss-reactive ketones (excluding diaryl/α,β-unsaturated/α-hetero) is 1. The van der Waals surface area contributed by atoms with Crippen LogP contribution < -0.4 is 0 Å². The highest BCUT2D eigenvalue weighted by Gasteiger charge is 2.43. The minimum atomic E-state index is -0.316. The van der Waals surface area contributed by atoms with E-state index in [0.717, 1.165) is 31.3 Å². The summed E-state index contributed by atoms with van der Waals surface area (Å²) >= 11 is 0. The number of aliphatic hydroxyl groups is 1. The van der Waals surface area contributed by atoms with Crippen molar-refractivity contribution in [3.8, 4) is 12.3 Å². The van der Waals surface area contributed by atoms with Crippen LogP contribution in [0.15, 0.2) is 23.3 Å². The highest BCUT2D eigenvalue weighted by Crippen LogP contribution is 2.47. The second-order valence-electron chi connectivity index (χ2n) is 7.02. The van der Waals surface area contributed by atoms with Crippen molar-refractivity contribution in [3.63, 3.8) is 0 Å². The third-order valence-corrected chi connectivity index (χ3v) is 5.06. The zero-order valence-corrected chi connectivity index (χ0v) is 14.9. The first-order valence-electron chi connectivity index (χ1n) is 8.30. The molecular formula is C20H30O3. The summed E-state index contributed by atoms with van der Waals surface area (Å²) in [6.45, 7) is 10.6. The van der Waals surface area contributed by atoms with Gasteiger partial charge < -0.3 is 9.84 Å². The molecule has 0 bridgehead atoms. The van der Waals surface area contributed by atoms with Crippen molar-refractivity contribution in [2.24, 2.45) is 11.3 Å². The molecule has 1 aliphatic rings. The molecule has 1 rings (SSSR count). The maximum atomic E-state index is 12.2. The van der Waals surface area contributed by atoms with E-state index >= 15 is 0 Å². The van der Waals surface area contributed by atoms with Crippen molar-refractivity contribution >= 4 is 5.78 Å². The van der Waals surface area contributed by atoms with Crippen LogP contribution in [-0.4, -0.2) is 30.7 Å². The van der Waals surface area contributed by atoms with E-state index in [1.165, 1.54) is 11.1 Å². The third kappa shape index (κ3) is 4.56. The van der Waals surface area contributed by atoms with Crippen LogP contribution >= 0.6 is 0 Å². The topological polar surface area (TPSA) is 46.5 Å². The third-order valence-electron chi connectivity index (χ3n) is 5.06. The first-order chi connectivity index (χ1) is 10.8. The molecule has 128 valence electrons. The lowest BCUT2D eigenvalue weighted by Gasteiger charge is -2.43. The zero-order chi connectivity index (χ0) is 17.6. The molecule has 0 aromatic carbocycles. The molecule has 0 saturated heterocycles. The number of carbonyl (C=O) groups is 1. The molecule has 0 radical (unpaired) electrons. The number of ether oxygens (including phenoxy) is 1. The van der Waals surface area contributed by atoms with E-state index in [4.69, 9.17) is 16.3 Å². The number of allylic oxidation sites excluding steroid dienone is 1. The molecule has 0 fully saturated rings. The van der Waals surface area contributed by atoms with E-state index < -0.39 is 0 Å². The Kier molecular flexibility index (Phi) is 7.25. The van der Waals surface area contributed by atoms with Crippen LogP contribution in [-0.2, 0) is 9.53 Å². The van der Waals surface area contributed by atoms with E-state index in [-0.39, 0.29) is 29.8 Å². The van der Waals surface area contributed by atoms with Crippen LogP contribution in [0.5, 0.6) is 0 Å². The maximum absolute atomic E-state index is 12.2. The minimum absolute atomic E-state index is 0.0930. The van der Waals surface area contributed by atoms with Crippen molar-refractivity contribution in [3.05, 3.63) is 23.3 Å². The number of rotatable bonds is 8. The summed E-state index contributed by atoms with van der Waals surface area (Å²) in [5.74, 6) is 2.03. The molecular weight excluding hydrogens is 288 g/mol. The molecule has 0 heterocycles. The first kappa shape index (κ1) is 19.7. The Morgan fingerprint density at radius 2 is 2.22 bits per heavy atom. The van der Waals surface area contributed by atoms with Gasteiger partial charge in [-0.05, 0) is 55.9 Å². The number of terminal acetylenes is 1. The lowest BCUT2D eigenvalue weighted by atomic mass is 9.62. The Morgan fingerprint density at radius 1 is 1.57 bits per heavy atom. The summed E-state index contributed by atoms with van der Waals surface area (Å²) < 4.78 is 5.76. The average molecular weight is 318 g/mol. The molecule has 2 atom stereocenters. The molecule has 1 aliphatic carbocycles.